The van der Waals surface area contributed by atoms with E-state index in [1.54, 1.807) is 35.1 Å². The molecule has 9 heteroatoms. The van der Waals surface area contributed by atoms with Crippen LogP contribution < -0.4 is 11.1 Å². The summed E-state index contributed by atoms with van der Waals surface area (Å²) in [6, 6.07) is 6.69. The monoisotopic (exact) mass is 326 g/mol. The van der Waals surface area contributed by atoms with Gasteiger partial charge in [-0.2, -0.15) is 5.10 Å². The SMILES string of the molecule is COC(=O)CNC(=O)c1ccc(-n2ncc3c(N)ncnc32)cc1. The summed E-state index contributed by atoms with van der Waals surface area (Å²) in [7, 11) is 1.26. The topological polar surface area (TPSA) is 125 Å². The van der Waals surface area contributed by atoms with E-state index in [0.717, 1.165) is 0 Å². The highest BCUT2D eigenvalue weighted by molar-refractivity contribution is 5.96. The van der Waals surface area contributed by atoms with E-state index in [-0.39, 0.29) is 12.5 Å². The number of fused-ring (bicyclic) bond motifs is 1. The van der Waals surface area contributed by atoms with Crippen LogP contribution >= 0.6 is 0 Å². The van der Waals surface area contributed by atoms with Crippen LogP contribution in [0.15, 0.2) is 36.8 Å². The van der Waals surface area contributed by atoms with Gasteiger partial charge < -0.3 is 15.8 Å². The van der Waals surface area contributed by atoms with Crippen molar-refractivity contribution in [3.8, 4) is 5.69 Å². The van der Waals surface area contributed by atoms with Crippen LogP contribution in [0.3, 0.4) is 0 Å². The highest BCUT2D eigenvalue weighted by Crippen LogP contribution is 2.19. The quantitative estimate of drug-likeness (QED) is 0.660. The fourth-order valence-corrected chi connectivity index (χ4v) is 2.13. The maximum Gasteiger partial charge on any atom is 0.325 e. The Bertz CT molecular complexity index is 903. The predicted molar refractivity (Wildman–Crippen MR) is 85.4 cm³/mol. The van der Waals surface area contributed by atoms with Gasteiger partial charge in [-0.15, -0.1) is 0 Å². The molecule has 0 radical (unpaired) electrons. The number of anilines is 1. The van der Waals surface area contributed by atoms with Crippen LogP contribution in [0.1, 0.15) is 10.4 Å². The van der Waals surface area contributed by atoms with Gasteiger partial charge in [0.1, 0.15) is 18.7 Å². The summed E-state index contributed by atoms with van der Waals surface area (Å²) in [6.07, 6.45) is 2.95. The number of nitrogens with zero attached hydrogens (tertiary/aromatic N) is 4. The fourth-order valence-electron chi connectivity index (χ4n) is 2.13. The summed E-state index contributed by atoms with van der Waals surface area (Å²) in [5, 5.41) is 7.36. The number of benzene rings is 1. The zero-order valence-corrected chi connectivity index (χ0v) is 12.8. The van der Waals surface area contributed by atoms with Crippen molar-refractivity contribution in [3.05, 3.63) is 42.4 Å². The molecule has 3 rings (SSSR count). The first kappa shape index (κ1) is 15.4. The van der Waals surface area contributed by atoms with Crippen LogP contribution in [0.5, 0.6) is 0 Å². The molecule has 3 N–H and O–H groups in total. The molecule has 2 heterocycles. The second kappa shape index (κ2) is 6.32. The first-order valence-corrected chi connectivity index (χ1v) is 7.00. The lowest BCUT2D eigenvalue weighted by molar-refractivity contribution is -0.139. The third-order valence-electron chi connectivity index (χ3n) is 3.39. The Morgan fingerprint density at radius 1 is 1.25 bits per heavy atom. The van der Waals surface area contributed by atoms with Crippen molar-refractivity contribution in [2.24, 2.45) is 0 Å². The van der Waals surface area contributed by atoms with Crippen molar-refractivity contribution < 1.29 is 14.3 Å². The van der Waals surface area contributed by atoms with E-state index in [2.05, 4.69) is 25.1 Å². The number of esters is 1. The molecule has 1 aromatic carbocycles. The highest BCUT2D eigenvalue weighted by Gasteiger charge is 2.11. The van der Waals surface area contributed by atoms with E-state index in [9.17, 15) is 9.59 Å². The minimum absolute atomic E-state index is 0.183. The van der Waals surface area contributed by atoms with Crippen molar-refractivity contribution in [1.29, 1.82) is 0 Å². The normalized spacial score (nSPS) is 10.5. The van der Waals surface area contributed by atoms with Crippen LogP contribution in [0.25, 0.3) is 16.7 Å². The standard InChI is InChI=1S/C15H14N6O3/c1-24-12(22)7-17-15(23)9-2-4-10(5-3-9)21-14-11(6-20-21)13(16)18-8-19-14/h2-6,8H,7H2,1H3,(H,17,23)(H2,16,18,19). The predicted octanol–water partition coefficient (Wildman–Crippen LogP) is 0.300. The number of carbonyl (C=O) groups excluding carboxylic acids is 2. The van der Waals surface area contributed by atoms with E-state index in [1.807, 2.05) is 0 Å². The Hall–Kier alpha value is -3.49. The summed E-state index contributed by atoms with van der Waals surface area (Å²) < 4.78 is 6.07. The molecular weight excluding hydrogens is 312 g/mol. The molecular formula is C15H14N6O3. The average Bonchev–Trinajstić information content (AvgIpc) is 3.05. The molecule has 122 valence electrons. The van der Waals surface area contributed by atoms with Gasteiger partial charge in [-0.3, -0.25) is 9.59 Å². The van der Waals surface area contributed by atoms with E-state index in [0.29, 0.717) is 28.1 Å². The van der Waals surface area contributed by atoms with Gasteiger partial charge in [0.15, 0.2) is 5.65 Å². The number of aromatic nitrogens is 4. The van der Waals surface area contributed by atoms with Crippen LogP contribution in [-0.2, 0) is 9.53 Å². The number of hydrogen-bond donors (Lipinski definition) is 2. The van der Waals surface area contributed by atoms with Crippen LogP contribution in [0.2, 0.25) is 0 Å². The Balaban J connectivity index is 1.82. The molecule has 0 unspecified atom stereocenters. The molecule has 0 bridgehead atoms. The molecule has 2 aromatic heterocycles. The van der Waals surface area contributed by atoms with Crippen LogP contribution in [0.4, 0.5) is 5.82 Å². The molecule has 0 saturated carbocycles. The maximum atomic E-state index is 11.9. The summed E-state index contributed by atoms with van der Waals surface area (Å²) >= 11 is 0. The molecule has 0 aliphatic carbocycles. The highest BCUT2D eigenvalue weighted by atomic mass is 16.5. The number of nitrogens with two attached hydrogens (primary N) is 1. The van der Waals surface area contributed by atoms with Gasteiger partial charge in [-0.1, -0.05) is 0 Å². The summed E-state index contributed by atoms with van der Waals surface area (Å²) in [6.45, 7) is -0.183. The van der Waals surface area contributed by atoms with Gasteiger partial charge in [-0.25, -0.2) is 14.6 Å². The van der Waals surface area contributed by atoms with Gasteiger partial charge >= 0.3 is 5.97 Å². The first-order valence-electron chi connectivity index (χ1n) is 7.00. The molecule has 0 spiro atoms. The summed E-state index contributed by atoms with van der Waals surface area (Å²) in [5.74, 6) is -0.533. The molecule has 0 fully saturated rings. The van der Waals surface area contributed by atoms with Gasteiger partial charge in [0.05, 0.1) is 24.4 Å². The molecule has 1 amide bonds. The molecule has 0 atom stereocenters. The third kappa shape index (κ3) is 2.86. The van der Waals surface area contributed by atoms with Crippen molar-refractivity contribution >= 4 is 28.7 Å². The second-order valence-corrected chi connectivity index (χ2v) is 4.86. The number of methoxy groups -OCH3 is 1. The number of nitrogens with one attached hydrogen (secondary N) is 1. The van der Waals surface area contributed by atoms with Gasteiger partial charge in [0.2, 0.25) is 0 Å². The first-order chi connectivity index (χ1) is 11.6. The molecule has 0 aliphatic rings. The van der Waals surface area contributed by atoms with Crippen molar-refractivity contribution in [2.75, 3.05) is 19.4 Å². The van der Waals surface area contributed by atoms with Crippen molar-refractivity contribution in [1.82, 2.24) is 25.1 Å². The van der Waals surface area contributed by atoms with E-state index < -0.39 is 5.97 Å². The Morgan fingerprint density at radius 3 is 2.71 bits per heavy atom. The molecule has 0 aliphatic heterocycles. The largest absolute Gasteiger partial charge is 0.468 e. The zero-order chi connectivity index (χ0) is 17.1. The van der Waals surface area contributed by atoms with E-state index >= 15 is 0 Å². The minimum atomic E-state index is -0.514. The number of nitrogen functional groups attached to an aromatic ring is 1. The minimum Gasteiger partial charge on any atom is -0.468 e. The molecule has 24 heavy (non-hydrogen) atoms. The van der Waals surface area contributed by atoms with Crippen LogP contribution in [-0.4, -0.2) is 45.3 Å². The Morgan fingerprint density at radius 2 is 2.00 bits per heavy atom. The molecule has 3 aromatic rings. The number of carbonyl (C=O) groups is 2. The summed E-state index contributed by atoms with van der Waals surface area (Å²) in [5.41, 5.74) is 7.49. The van der Waals surface area contributed by atoms with Crippen molar-refractivity contribution in [2.45, 2.75) is 0 Å². The number of amides is 1. The van der Waals surface area contributed by atoms with Crippen molar-refractivity contribution in [3.63, 3.8) is 0 Å². The number of hydrogen-bond acceptors (Lipinski definition) is 7. The maximum absolute atomic E-state index is 11.9. The van der Waals surface area contributed by atoms with E-state index in [4.69, 9.17) is 5.73 Å². The zero-order valence-electron chi connectivity index (χ0n) is 12.8. The van der Waals surface area contributed by atoms with Gasteiger partial charge in [0, 0.05) is 5.56 Å². The van der Waals surface area contributed by atoms with Crippen LogP contribution in [0, 0.1) is 0 Å². The van der Waals surface area contributed by atoms with Gasteiger partial charge in [0.25, 0.3) is 5.91 Å². The second-order valence-electron chi connectivity index (χ2n) is 4.86. The molecule has 0 saturated heterocycles. The molecule has 9 nitrogen and oxygen atoms in total. The fraction of sp³-hybridized carbons (Fsp3) is 0.133. The number of ether oxygens (including phenoxy) is 1. The lowest BCUT2D eigenvalue weighted by Gasteiger charge is -2.06. The van der Waals surface area contributed by atoms with Gasteiger partial charge in [-0.05, 0) is 24.3 Å². The average molecular weight is 326 g/mol. The lowest BCUT2D eigenvalue weighted by atomic mass is 10.2. The Kier molecular flexibility index (Phi) is 4.06. The third-order valence-corrected chi connectivity index (χ3v) is 3.39. The summed E-state index contributed by atoms with van der Waals surface area (Å²) in [4.78, 5) is 31.1. The number of rotatable bonds is 4. The lowest BCUT2D eigenvalue weighted by Crippen LogP contribution is -2.30. The Labute approximate surface area is 136 Å². The van der Waals surface area contributed by atoms with E-state index in [1.165, 1.54) is 13.4 Å². The smallest absolute Gasteiger partial charge is 0.325 e.